The molecule has 2 nitrogen and oxygen atoms in total. The van der Waals surface area contributed by atoms with Gasteiger partial charge in [-0.05, 0) is 98.6 Å². The summed E-state index contributed by atoms with van der Waals surface area (Å²) in [5.74, 6) is 5.81. The number of aryl methyl sites for hydroxylation is 4. The molecule has 54 heavy (non-hydrogen) atoms. The van der Waals surface area contributed by atoms with Gasteiger partial charge in [0.05, 0.1) is 0 Å². The lowest BCUT2D eigenvalue weighted by Gasteiger charge is -2.17. The number of allylic oxidation sites excluding steroid dienone is 2. The SMILES string of the molecule is C#CCCc1ccc(CCCCCCCC)cc1C1=C(CCCC)C(CCCCCCCC)=C(c2cc(CCCCCCCC)ccc2CCC#C)[N+]1=[N-]. The molecule has 0 saturated heterocycles. The summed E-state index contributed by atoms with van der Waals surface area (Å²) in [5, 5.41) is 0. The fraction of sp³-hybridized carbons (Fsp3) is 0.615. The minimum absolute atomic E-state index is 0.689. The molecule has 0 bridgehead atoms. The van der Waals surface area contributed by atoms with Crippen LogP contribution in [0.5, 0.6) is 0 Å². The van der Waals surface area contributed by atoms with Gasteiger partial charge in [0.1, 0.15) is 0 Å². The average Bonchev–Trinajstić information content (AvgIpc) is 3.46. The van der Waals surface area contributed by atoms with Crippen molar-refractivity contribution in [2.75, 3.05) is 0 Å². The van der Waals surface area contributed by atoms with Crippen LogP contribution in [0.4, 0.5) is 0 Å². The first-order valence-corrected chi connectivity index (χ1v) is 22.6. The molecule has 2 aromatic carbocycles. The molecule has 1 aliphatic heterocycles. The third kappa shape index (κ3) is 14.7. The Hall–Kier alpha value is -3.36. The molecule has 3 rings (SSSR count). The van der Waals surface area contributed by atoms with Crippen molar-refractivity contribution in [3.63, 3.8) is 0 Å². The zero-order valence-corrected chi connectivity index (χ0v) is 35.3. The molecule has 0 radical (unpaired) electrons. The lowest BCUT2D eigenvalue weighted by Crippen LogP contribution is -2.08. The van der Waals surface area contributed by atoms with E-state index in [4.69, 9.17) is 12.8 Å². The van der Waals surface area contributed by atoms with Crippen molar-refractivity contribution < 1.29 is 4.70 Å². The summed E-state index contributed by atoms with van der Waals surface area (Å²) in [5.41, 5.74) is 25.0. The van der Waals surface area contributed by atoms with Gasteiger partial charge in [0, 0.05) is 35.1 Å². The van der Waals surface area contributed by atoms with Gasteiger partial charge in [-0.2, -0.15) is 0 Å². The first-order valence-electron chi connectivity index (χ1n) is 22.6. The Labute approximate surface area is 333 Å². The van der Waals surface area contributed by atoms with Gasteiger partial charge < -0.3 is 5.53 Å². The van der Waals surface area contributed by atoms with Gasteiger partial charge in [0.2, 0.25) is 11.4 Å². The molecule has 0 amide bonds. The summed E-state index contributed by atoms with van der Waals surface area (Å²) in [6.07, 6.45) is 44.0. The molecule has 0 fully saturated rings. The molecule has 0 saturated carbocycles. The molecule has 2 heteroatoms. The number of benzene rings is 2. The van der Waals surface area contributed by atoms with Crippen LogP contribution < -0.4 is 0 Å². The standard InChI is InChI=1S/C52H76N2/c1-7-13-19-22-25-28-31-43-37-39-45(33-16-10-4)49(41-43)51-47(35-18-12-6)48(36-30-27-24-21-15-9-3)52(54(51)53)50-42-44(32-29-26-23-20-14-8-2)38-40-46(50)34-17-11-5/h4-5,37-42H,7-9,12-36H2,1-3,6H3. The van der Waals surface area contributed by atoms with Gasteiger partial charge in [0.25, 0.3) is 0 Å². The first kappa shape index (κ1) is 45.0. The number of unbranched alkanes of at least 4 members (excludes halogenated alkanes) is 16. The third-order valence-corrected chi connectivity index (χ3v) is 11.5. The Balaban J connectivity index is 2.14. The number of nitrogens with zero attached hydrogens (tertiary/aromatic N) is 2. The van der Waals surface area contributed by atoms with Crippen LogP contribution in [0.2, 0.25) is 0 Å². The molecular weight excluding hydrogens is 653 g/mol. The van der Waals surface area contributed by atoms with E-state index in [0.717, 1.165) is 69.2 Å². The minimum Gasteiger partial charge on any atom is -0.493 e. The predicted octanol–water partition coefficient (Wildman–Crippen LogP) is 15.7. The number of rotatable bonds is 30. The molecule has 294 valence electrons. The monoisotopic (exact) mass is 729 g/mol. The van der Waals surface area contributed by atoms with E-state index >= 15 is 0 Å². The zero-order chi connectivity index (χ0) is 38.8. The van der Waals surface area contributed by atoms with E-state index in [0.29, 0.717) is 12.8 Å². The molecule has 1 aliphatic rings. The van der Waals surface area contributed by atoms with Crippen LogP contribution in [-0.2, 0) is 25.7 Å². The summed E-state index contributed by atoms with van der Waals surface area (Å²) < 4.78 is 1.63. The van der Waals surface area contributed by atoms with Gasteiger partial charge in [-0.3, -0.25) is 0 Å². The Morgan fingerprint density at radius 2 is 0.796 bits per heavy atom. The lowest BCUT2D eigenvalue weighted by molar-refractivity contribution is -0.345. The highest BCUT2D eigenvalue weighted by Gasteiger charge is 2.37. The van der Waals surface area contributed by atoms with Crippen LogP contribution in [0.3, 0.4) is 0 Å². The smallest absolute Gasteiger partial charge is 0.211 e. The van der Waals surface area contributed by atoms with Gasteiger partial charge >= 0.3 is 0 Å². The lowest BCUT2D eigenvalue weighted by atomic mass is 9.88. The van der Waals surface area contributed by atoms with Crippen LogP contribution in [0.25, 0.3) is 16.9 Å². The van der Waals surface area contributed by atoms with Crippen LogP contribution in [0, 0.1) is 24.7 Å². The number of hydrogen-bond acceptors (Lipinski definition) is 0. The summed E-state index contributed by atoms with van der Waals surface area (Å²) in [6, 6.07) is 14.1. The molecule has 0 unspecified atom stereocenters. The number of terminal acetylenes is 2. The second kappa shape index (κ2) is 27.3. The van der Waals surface area contributed by atoms with Gasteiger partial charge in [-0.1, -0.05) is 155 Å². The molecule has 0 spiro atoms. The molecular formula is C52H76N2. The fourth-order valence-corrected chi connectivity index (χ4v) is 8.25. The number of hydrogen-bond donors (Lipinski definition) is 0. The molecule has 0 aromatic heterocycles. The van der Waals surface area contributed by atoms with E-state index < -0.39 is 0 Å². The highest BCUT2D eigenvalue weighted by atomic mass is 15.2. The molecule has 0 atom stereocenters. The van der Waals surface area contributed by atoms with E-state index in [1.807, 2.05) is 0 Å². The van der Waals surface area contributed by atoms with Crippen molar-refractivity contribution in [2.45, 2.75) is 207 Å². The van der Waals surface area contributed by atoms with Crippen LogP contribution in [-0.4, -0.2) is 4.70 Å². The highest BCUT2D eigenvalue weighted by Crippen LogP contribution is 2.46. The minimum atomic E-state index is 0.689. The second-order valence-corrected chi connectivity index (χ2v) is 16.0. The van der Waals surface area contributed by atoms with Gasteiger partial charge in [0.15, 0.2) is 0 Å². The first-order chi connectivity index (χ1) is 26.5. The Kier molecular flexibility index (Phi) is 22.7. The van der Waals surface area contributed by atoms with Crippen molar-refractivity contribution >= 4 is 11.4 Å². The zero-order valence-electron chi connectivity index (χ0n) is 35.3. The van der Waals surface area contributed by atoms with Gasteiger partial charge in [-0.25, -0.2) is 4.70 Å². The van der Waals surface area contributed by atoms with Crippen LogP contribution >= 0.6 is 0 Å². The Bertz CT molecular complexity index is 1550. The molecule has 1 heterocycles. The summed E-state index contributed by atoms with van der Waals surface area (Å²) in [4.78, 5) is 0. The predicted molar refractivity (Wildman–Crippen MR) is 236 cm³/mol. The van der Waals surface area contributed by atoms with Crippen molar-refractivity contribution in [1.29, 1.82) is 0 Å². The van der Waals surface area contributed by atoms with E-state index in [1.54, 1.807) is 4.70 Å². The molecule has 0 N–H and O–H groups in total. The van der Waals surface area contributed by atoms with Crippen molar-refractivity contribution in [1.82, 2.24) is 0 Å². The maximum Gasteiger partial charge on any atom is 0.211 e. The van der Waals surface area contributed by atoms with Gasteiger partial charge in [-0.15, -0.1) is 24.7 Å². The summed E-state index contributed by atoms with van der Waals surface area (Å²) >= 11 is 0. The normalized spacial score (nSPS) is 12.9. The van der Waals surface area contributed by atoms with Crippen LogP contribution in [0.15, 0.2) is 47.5 Å². The fourth-order valence-electron chi connectivity index (χ4n) is 8.25. The second-order valence-electron chi connectivity index (χ2n) is 16.0. The van der Waals surface area contributed by atoms with Crippen LogP contribution in [0.1, 0.15) is 215 Å². The maximum absolute atomic E-state index is 12.8. The van der Waals surface area contributed by atoms with E-state index in [1.165, 1.54) is 154 Å². The molecule has 2 aromatic rings. The Morgan fingerprint density at radius 1 is 0.444 bits per heavy atom. The average molecular weight is 729 g/mol. The van der Waals surface area contributed by atoms with E-state index in [9.17, 15) is 5.53 Å². The highest BCUT2D eigenvalue weighted by molar-refractivity contribution is 5.84. The largest absolute Gasteiger partial charge is 0.493 e. The van der Waals surface area contributed by atoms with E-state index in [-0.39, 0.29) is 0 Å². The molecule has 0 aliphatic carbocycles. The summed E-state index contributed by atoms with van der Waals surface area (Å²) in [6.45, 7) is 9.14. The van der Waals surface area contributed by atoms with Crippen molar-refractivity contribution in [3.8, 4) is 24.7 Å². The Morgan fingerprint density at radius 3 is 1.19 bits per heavy atom. The third-order valence-electron chi connectivity index (χ3n) is 11.5. The van der Waals surface area contributed by atoms with E-state index in [2.05, 4.69) is 75.9 Å². The maximum atomic E-state index is 12.8. The topological polar surface area (TPSA) is 25.3 Å². The quantitative estimate of drug-likeness (QED) is 0.0435. The van der Waals surface area contributed by atoms with Crippen molar-refractivity contribution in [3.05, 3.63) is 86.5 Å². The summed E-state index contributed by atoms with van der Waals surface area (Å²) in [7, 11) is 0. The van der Waals surface area contributed by atoms with Crippen molar-refractivity contribution in [2.24, 2.45) is 0 Å².